The molecule has 0 saturated carbocycles. The molecule has 1 aliphatic rings. The van der Waals surface area contributed by atoms with Gasteiger partial charge in [0.2, 0.25) is 6.23 Å². The lowest BCUT2D eigenvalue weighted by atomic mass is 9.93. The Bertz CT molecular complexity index is 1300. The van der Waals surface area contributed by atoms with Crippen molar-refractivity contribution in [2.45, 2.75) is 63.0 Å². The normalized spacial score (nSPS) is 23.8. The minimum Gasteiger partial charge on any atom is -0.404 e. The number of aromatic amines is 1. The highest BCUT2D eigenvalue weighted by Gasteiger charge is 2.67. The molecule has 3 aromatic rings. The molecule has 7 nitrogen and oxygen atoms in total. The molecule has 0 radical (unpaired) electrons. The molecule has 1 aromatic heterocycles. The Hall–Kier alpha value is -2.92. The van der Waals surface area contributed by atoms with Gasteiger partial charge in [-0.25, -0.2) is 4.79 Å². The molecule has 2 heterocycles. The number of rotatable bonds is 7. The van der Waals surface area contributed by atoms with E-state index in [1.807, 2.05) is 65.6 Å². The fourth-order valence-corrected chi connectivity index (χ4v) is 9.81. The molecule has 1 aliphatic heterocycles. The zero-order valence-electron chi connectivity index (χ0n) is 21.3. The fraction of sp³-hybridized carbons (Fsp3) is 0.407. The number of alkyl halides is 2. The number of hydrogen-bond donors (Lipinski definition) is 2. The molecule has 198 valence electrons. The van der Waals surface area contributed by atoms with Crippen LogP contribution in [0.3, 0.4) is 0 Å². The van der Waals surface area contributed by atoms with Crippen molar-refractivity contribution in [3.63, 3.8) is 0 Å². The Morgan fingerprint density at radius 3 is 2.03 bits per heavy atom. The lowest BCUT2D eigenvalue weighted by Crippen LogP contribution is -2.68. The van der Waals surface area contributed by atoms with E-state index in [-0.39, 0.29) is 13.0 Å². The predicted octanol–water partition coefficient (Wildman–Crippen LogP) is 2.79. The number of hydrogen-bond acceptors (Lipinski definition) is 5. The van der Waals surface area contributed by atoms with Crippen LogP contribution < -0.4 is 21.6 Å². The summed E-state index contributed by atoms with van der Waals surface area (Å²) in [6.45, 7) is 7.47. The molecule has 3 atom stereocenters. The van der Waals surface area contributed by atoms with E-state index in [1.165, 1.54) is 0 Å². The highest BCUT2D eigenvalue weighted by atomic mass is 28.4. The standard InChI is InChI=1S/C27H32F2N2O5Si/c1-5-26(22(33)27(28,29)23(36-26)31-17-16-21(32)30-24(31)34)18-35-37(25(2,3)4,19-12-8-6-9-13-19)20-14-10-7-11-15-20/h6-17,22-23,33H,5,18H2,1-4H3,(H,30,32,34)/t22-,23-,26-/m1/s1. The molecule has 2 aromatic carbocycles. The van der Waals surface area contributed by atoms with Crippen LogP contribution in [0.25, 0.3) is 0 Å². The molecule has 0 bridgehead atoms. The molecule has 0 aliphatic carbocycles. The van der Waals surface area contributed by atoms with E-state index in [0.29, 0.717) is 4.57 Å². The first-order valence-electron chi connectivity index (χ1n) is 12.2. The molecule has 4 rings (SSSR count). The van der Waals surface area contributed by atoms with E-state index < -0.39 is 48.5 Å². The van der Waals surface area contributed by atoms with Gasteiger partial charge in [-0.15, -0.1) is 0 Å². The predicted molar refractivity (Wildman–Crippen MR) is 139 cm³/mol. The highest BCUT2D eigenvalue weighted by molar-refractivity contribution is 6.99. The number of aliphatic hydroxyl groups is 1. The van der Waals surface area contributed by atoms with Crippen molar-refractivity contribution in [1.29, 1.82) is 0 Å². The average Bonchev–Trinajstić information content (AvgIpc) is 3.06. The summed E-state index contributed by atoms with van der Waals surface area (Å²) in [6.07, 6.45) is -3.43. The molecule has 1 saturated heterocycles. The first-order chi connectivity index (χ1) is 17.4. The van der Waals surface area contributed by atoms with Gasteiger partial charge >= 0.3 is 11.6 Å². The fourth-order valence-electron chi connectivity index (χ4n) is 5.19. The second-order valence-corrected chi connectivity index (χ2v) is 14.7. The van der Waals surface area contributed by atoms with Crippen LogP contribution >= 0.6 is 0 Å². The summed E-state index contributed by atoms with van der Waals surface area (Å²) < 4.78 is 44.2. The quantitative estimate of drug-likeness (QED) is 0.459. The summed E-state index contributed by atoms with van der Waals surface area (Å²) in [5.41, 5.74) is -3.58. The maximum absolute atomic E-state index is 15.5. The molecular formula is C27H32F2N2O5Si. The zero-order valence-corrected chi connectivity index (χ0v) is 22.3. The van der Waals surface area contributed by atoms with E-state index >= 15 is 8.78 Å². The Balaban J connectivity index is 1.80. The number of aromatic nitrogens is 2. The maximum Gasteiger partial charge on any atom is 0.330 e. The number of H-pyrrole nitrogens is 1. The third kappa shape index (κ3) is 4.52. The Morgan fingerprint density at radius 1 is 1.03 bits per heavy atom. The average molecular weight is 531 g/mol. The molecule has 2 N–H and O–H groups in total. The Labute approximate surface area is 214 Å². The van der Waals surface area contributed by atoms with Crippen LogP contribution in [0.5, 0.6) is 0 Å². The third-order valence-electron chi connectivity index (χ3n) is 7.19. The number of nitrogens with one attached hydrogen (secondary N) is 1. The zero-order chi connectivity index (χ0) is 27.1. The van der Waals surface area contributed by atoms with Crippen LogP contribution in [-0.4, -0.2) is 47.2 Å². The molecule has 1 fully saturated rings. The van der Waals surface area contributed by atoms with E-state index in [0.717, 1.165) is 22.6 Å². The van der Waals surface area contributed by atoms with E-state index in [2.05, 4.69) is 20.8 Å². The molecule has 10 heteroatoms. The van der Waals surface area contributed by atoms with E-state index in [4.69, 9.17) is 9.16 Å². The van der Waals surface area contributed by atoms with Crippen molar-refractivity contribution in [2.75, 3.05) is 6.61 Å². The number of aliphatic hydroxyl groups excluding tert-OH is 1. The number of benzene rings is 2. The summed E-state index contributed by atoms with van der Waals surface area (Å²) in [6, 6.07) is 20.3. The third-order valence-corrected chi connectivity index (χ3v) is 12.2. The first-order valence-corrected chi connectivity index (χ1v) is 14.1. The second kappa shape index (κ2) is 9.75. The van der Waals surface area contributed by atoms with Crippen LogP contribution in [0.1, 0.15) is 40.3 Å². The van der Waals surface area contributed by atoms with Crippen LogP contribution in [0.2, 0.25) is 5.04 Å². The van der Waals surface area contributed by atoms with E-state index in [9.17, 15) is 14.7 Å². The SMILES string of the molecule is CC[C@]1(CO[Si](c2ccccc2)(c2ccccc2)C(C)(C)C)O[C@@H](n2ccc(=O)[nH]c2=O)C(F)(F)[C@@H]1O. The van der Waals surface area contributed by atoms with Crippen molar-refractivity contribution in [3.05, 3.63) is 93.8 Å². The molecule has 0 amide bonds. The number of halogens is 2. The summed E-state index contributed by atoms with van der Waals surface area (Å²) in [5, 5.41) is 12.4. The minimum atomic E-state index is -3.83. The van der Waals surface area contributed by atoms with Gasteiger partial charge < -0.3 is 14.3 Å². The molecular weight excluding hydrogens is 498 g/mol. The van der Waals surface area contributed by atoms with Crippen molar-refractivity contribution in [2.24, 2.45) is 0 Å². The van der Waals surface area contributed by atoms with Gasteiger partial charge in [0.25, 0.3) is 13.9 Å². The van der Waals surface area contributed by atoms with Crippen molar-refractivity contribution in [3.8, 4) is 0 Å². The smallest absolute Gasteiger partial charge is 0.330 e. The summed E-state index contributed by atoms with van der Waals surface area (Å²) in [7, 11) is -3.13. The van der Waals surface area contributed by atoms with Crippen LogP contribution in [0.4, 0.5) is 8.78 Å². The Morgan fingerprint density at radius 2 is 1.57 bits per heavy atom. The monoisotopic (exact) mass is 530 g/mol. The topological polar surface area (TPSA) is 93.5 Å². The van der Waals surface area contributed by atoms with Crippen LogP contribution in [0, 0.1) is 0 Å². The van der Waals surface area contributed by atoms with Gasteiger partial charge in [-0.1, -0.05) is 88.4 Å². The number of ether oxygens (including phenoxy) is 1. The summed E-state index contributed by atoms with van der Waals surface area (Å²) in [4.78, 5) is 25.8. The minimum absolute atomic E-state index is 0.00341. The van der Waals surface area contributed by atoms with Gasteiger partial charge in [-0.05, 0) is 21.8 Å². The van der Waals surface area contributed by atoms with Crippen molar-refractivity contribution >= 4 is 18.7 Å². The van der Waals surface area contributed by atoms with Gasteiger partial charge in [0.05, 0.1) is 6.61 Å². The summed E-state index contributed by atoms with van der Waals surface area (Å²) in [5.74, 6) is -3.83. The maximum atomic E-state index is 15.5. The van der Waals surface area contributed by atoms with Crippen molar-refractivity contribution < 1.29 is 23.1 Å². The Kier molecular flexibility index (Phi) is 7.15. The lowest BCUT2D eigenvalue weighted by Gasteiger charge is -2.45. The number of nitrogens with zero attached hydrogens (tertiary/aromatic N) is 1. The highest BCUT2D eigenvalue weighted by Crippen LogP contribution is 2.50. The van der Waals surface area contributed by atoms with Gasteiger partial charge in [0.15, 0.2) is 6.10 Å². The molecule has 0 unspecified atom stereocenters. The summed E-state index contributed by atoms with van der Waals surface area (Å²) >= 11 is 0. The van der Waals surface area contributed by atoms with Gasteiger partial charge in [0, 0.05) is 12.3 Å². The van der Waals surface area contributed by atoms with Crippen LogP contribution in [-0.2, 0) is 9.16 Å². The first kappa shape index (κ1) is 27.1. The molecule has 0 spiro atoms. The van der Waals surface area contributed by atoms with Crippen LogP contribution in [0.15, 0.2) is 82.5 Å². The van der Waals surface area contributed by atoms with Gasteiger partial charge in [-0.2, -0.15) is 8.78 Å². The molecule has 37 heavy (non-hydrogen) atoms. The van der Waals surface area contributed by atoms with Crippen molar-refractivity contribution in [1.82, 2.24) is 9.55 Å². The second-order valence-electron chi connectivity index (χ2n) is 10.4. The van der Waals surface area contributed by atoms with E-state index in [1.54, 1.807) is 6.92 Å². The van der Waals surface area contributed by atoms with Gasteiger partial charge in [0.1, 0.15) is 5.60 Å². The van der Waals surface area contributed by atoms with Gasteiger partial charge in [-0.3, -0.25) is 14.3 Å². The largest absolute Gasteiger partial charge is 0.404 e. The lowest BCUT2D eigenvalue weighted by molar-refractivity contribution is -0.145.